The zero-order chi connectivity index (χ0) is 20.1. The number of rotatable bonds is 7. The fraction of sp³-hybridized carbons (Fsp3) is 0.545. The summed E-state index contributed by atoms with van der Waals surface area (Å²) < 4.78 is 13.3. The molecule has 2 heterocycles. The quantitative estimate of drug-likeness (QED) is 0.793. The van der Waals surface area contributed by atoms with Crippen molar-refractivity contribution in [2.45, 2.75) is 46.1 Å². The zero-order valence-electron chi connectivity index (χ0n) is 17.2. The van der Waals surface area contributed by atoms with Crippen LogP contribution in [-0.4, -0.2) is 58.8 Å². The van der Waals surface area contributed by atoms with Crippen LogP contribution in [0.2, 0.25) is 0 Å². The number of hydrogen-bond acceptors (Lipinski definition) is 5. The van der Waals surface area contributed by atoms with Crippen LogP contribution < -0.4 is 4.90 Å². The first kappa shape index (κ1) is 20.7. The Morgan fingerprint density at radius 1 is 1.07 bits per heavy atom. The van der Waals surface area contributed by atoms with Crippen molar-refractivity contribution in [3.8, 4) is 0 Å². The topological polar surface area (TPSA) is 52.5 Å². The van der Waals surface area contributed by atoms with E-state index in [-0.39, 0.29) is 11.9 Å². The maximum atomic E-state index is 13.3. The van der Waals surface area contributed by atoms with Gasteiger partial charge in [0.2, 0.25) is 0 Å². The second kappa shape index (κ2) is 9.43. The zero-order valence-corrected chi connectivity index (χ0v) is 17.2. The number of aliphatic hydroxyl groups is 1. The van der Waals surface area contributed by atoms with E-state index in [1.54, 1.807) is 0 Å². The minimum absolute atomic E-state index is 0.217. The van der Waals surface area contributed by atoms with Crippen LogP contribution in [0.4, 0.5) is 10.2 Å². The van der Waals surface area contributed by atoms with E-state index in [0.29, 0.717) is 6.42 Å². The molecule has 0 bridgehead atoms. The third-order valence-electron chi connectivity index (χ3n) is 5.42. The summed E-state index contributed by atoms with van der Waals surface area (Å²) in [7, 11) is 0. The van der Waals surface area contributed by atoms with Crippen LogP contribution in [0.15, 0.2) is 24.3 Å². The molecule has 0 spiro atoms. The number of benzene rings is 1. The summed E-state index contributed by atoms with van der Waals surface area (Å²) >= 11 is 0. The highest BCUT2D eigenvalue weighted by molar-refractivity contribution is 5.52. The molecule has 1 aromatic heterocycles. The molecule has 3 rings (SSSR count). The summed E-state index contributed by atoms with van der Waals surface area (Å²) in [4.78, 5) is 14.1. The molecule has 0 saturated carbocycles. The van der Waals surface area contributed by atoms with Crippen molar-refractivity contribution >= 4 is 5.82 Å². The Morgan fingerprint density at radius 2 is 1.75 bits per heavy atom. The van der Waals surface area contributed by atoms with Gasteiger partial charge < -0.3 is 10.0 Å². The van der Waals surface area contributed by atoms with Crippen LogP contribution in [0.3, 0.4) is 0 Å². The number of aryl methyl sites for hydroxylation is 2. The Kier molecular flexibility index (Phi) is 6.97. The highest BCUT2D eigenvalue weighted by Gasteiger charge is 2.23. The number of hydrogen-bond donors (Lipinski definition) is 1. The Bertz CT molecular complexity index is 773. The number of nitrogens with zero attached hydrogens (tertiary/aromatic N) is 4. The second-order valence-electron chi connectivity index (χ2n) is 7.53. The van der Waals surface area contributed by atoms with Crippen LogP contribution in [0.1, 0.15) is 42.9 Å². The number of halogens is 1. The average molecular weight is 387 g/mol. The number of β-amino-alcohol motifs (C(OH)–C–C–N with tert-alkyl or cyclic N) is 1. The van der Waals surface area contributed by atoms with Gasteiger partial charge in [-0.1, -0.05) is 26.0 Å². The van der Waals surface area contributed by atoms with Gasteiger partial charge in [0.15, 0.2) is 0 Å². The first-order valence-electron chi connectivity index (χ1n) is 10.3. The smallest absolute Gasteiger partial charge is 0.136 e. The standard InChI is InChI=1S/C22H31FN4O/c1-4-19(28)15-26-10-12-27(13-11-26)22-20(21(5-2)24-16(3)25-22)14-17-6-8-18(23)9-7-17/h6-9,19,28H,4-5,10-15H2,1-3H3/t19-/m0/s1. The van der Waals surface area contributed by atoms with E-state index in [4.69, 9.17) is 4.98 Å². The summed E-state index contributed by atoms with van der Waals surface area (Å²) in [6.07, 6.45) is 2.07. The highest BCUT2D eigenvalue weighted by Crippen LogP contribution is 2.26. The molecule has 1 atom stereocenters. The van der Waals surface area contributed by atoms with E-state index in [1.807, 2.05) is 26.0 Å². The van der Waals surface area contributed by atoms with E-state index in [9.17, 15) is 9.50 Å². The molecular weight excluding hydrogens is 355 g/mol. The van der Waals surface area contributed by atoms with Gasteiger partial charge in [0.25, 0.3) is 0 Å². The fourth-order valence-corrected chi connectivity index (χ4v) is 3.75. The molecule has 0 radical (unpaired) electrons. The number of aliphatic hydroxyl groups excluding tert-OH is 1. The van der Waals surface area contributed by atoms with Gasteiger partial charge in [-0.05, 0) is 37.5 Å². The van der Waals surface area contributed by atoms with Gasteiger partial charge in [-0.25, -0.2) is 14.4 Å². The van der Waals surface area contributed by atoms with Gasteiger partial charge in [0.05, 0.1) is 6.10 Å². The highest BCUT2D eigenvalue weighted by atomic mass is 19.1. The van der Waals surface area contributed by atoms with E-state index >= 15 is 0 Å². The Labute approximate surface area is 167 Å². The van der Waals surface area contributed by atoms with Crippen molar-refractivity contribution < 1.29 is 9.50 Å². The minimum Gasteiger partial charge on any atom is -0.392 e. The van der Waals surface area contributed by atoms with E-state index in [1.165, 1.54) is 12.1 Å². The van der Waals surface area contributed by atoms with Crippen LogP contribution >= 0.6 is 0 Å². The fourth-order valence-electron chi connectivity index (χ4n) is 3.75. The van der Waals surface area contributed by atoms with Crippen LogP contribution in [0.25, 0.3) is 0 Å². The van der Waals surface area contributed by atoms with Crippen LogP contribution in [-0.2, 0) is 12.8 Å². The molecule has 1 fully saturated rings. The lowest BCUT2D eigenvalue weighted by molar-refractivity contribution is 0.106. The van der Waals surface area contributed by atoms with Gasteiger partial charge in [-0.2, -0.15) is 0 Å². The monoisotopic (exact) mass is 386 g/mol. The van der Waals surface area contributed by atoms with E-state index in [0.717, 1.165) is 74.0 Å². The number of aromatic nitrogens is 2. The van der Waals surface area contributed by atoms with Gasteiger partial charge >= 0.3 is 0 Å². The lowest BCUT2D eigenvalue weighted by Gasteiger charge is -2.37. The molecule has 0 aliphatic carbocycles. The molecule has 1 aliphatic rings. The molecular formula is C22H31FN4O. The summed E-state index contributed by atoms with van der Waals surface area (Å²) in [5.74, 6) is 1.58. The normalized spacial score (nSPS) is 16.4. The van der Waals surface area contributed by atoms with Crippen LogP contribution in [0, 0.1) is 12.7 Å². The minimum atomic E-state index is -0.256. The maximum Gasteiger partial charge on any atom is 0.136 e. The Hall–Kier alpha value is -2.05. The molecule has 28 heavy (non-hydrogen) atoms. The predicted octanol–water partition coefficient (Wildman–Crippen LogP) is 2.97. The first-order valence-corrected chi connectivity index (χ1v) is 10.3. The average Bonchev–Trinajstić information content (AvgIpc) is 2.71. The lowest BCUT2D eigenvalue weighted by atomic mass is 10.0. The third kappa shape index (κ3) is 5.06. The van der Waals surface area contributed by atoms with Gasteiger partial charge in [-0.3, -0.25) is 4.90 Å². The first-order chi connectivity index (χ1) is 13.5. The molecule has 152 valence electrons. The Balaban J connectivity index is 1.82. The second-order valence-corrected chi connectivity index (χ2v) is 7.53. The van der Waals surface area contributed by atoms with Crippen molar-refractivity contribution in [2.24, 2.45) is 0 Å². The number of piperazine rings is 1. The van der Waals surface area contributed by atoms with Crippen molar-refractivity contribution in [1.29, 1.82) is 0 Å². The number of anilines is 1. The predicted molar refractivity (Wildman–Crippen MR) is 110 cm³/mol. The lowest BCUT2D eigenvalue weighted by Crippen LogP contribution is -2.49. The van der Waals surface area contributed by atoms with Crippen molar-refractivity contribution in [3.05, 3.63) is 52.7 Å². The largest absolute Gasteiger partial charge is 0.392 e. The van der Waals surface area contributed by atoms with E-state index < -0.39 is 0 Å². The molecule has 0 unspecified atom stereocenters. The summed E-state index contributed by atoms with van der Waals surface area (Å²) in [5.41, 5.74) is 3.27. The molecule has 1 saturated heterocycles. The van der Waals surface area contributed by atoms with Gasteiger partial charge in [-0.15, -0.1) is 0 Å². The molecule has 5 nitrogen and oxygen atoms in total. The van der Waals surface area contributed by atoms with E-state index in [2.05, 4.69) is 21.7 Å². The third-order valence-corrected chi connectivity index (χ3v) is 5.42. The molecule has 1 N–H and O–H groups in total. The van der Waals surface area contributed by atoms with Crippen molar-refractivity contribution in [2.75, 3.05) is 37.6 Å². The van der Waals surface area contributed by atoms with Gasteiger partial charge in [0.1, 0.15) is 17.5 Å². The van der Waals surface area contributed by atoms with Crippen LogP contribution in [0.5, 0.6) is 0 Å². The molecule has 6 heteroatoms. The summed E-state index contributed by atoms with van der Waals surface area (Å²) in [6.45, 7) is 10.4. The molecule has 0 amide bonds. The van der Waals surface area contributed by atoms with Crippen molar-refractivity contribution in [1.82, 2.24) is 14.9 Å². The van der Waals surface area contributed by atoms with Gasteiger partial charge in [0, 0.05) is 50.4 Å². The molecule has 1 aromatic carbocycles. The molecule has 1 aliphatic heterocycles. The SMILES string of the molecule is CCc1nc(C)nc(N2CCN(C[C@@H](O)CC)CC2)c1Cc1ccc(F)cc1. The summed E-state index contributed by atoms with van der Waals surface area (Å²) in [5, 5.41) is 9.92. The Morgan fingerprint density at radius 3 is 2.36 bits per heavy atom. The van der Waals surface area contributed by atoms with Crippen molar-refractivity contribution in [3.63, 3.8) is 0 Å². The maximum absolute atomic E-state index is 13.3. The molecule has 2 aromatic rings. The summed E-state index contributed by atoms with van der Waals surface area (Å²) in [6, 6.07) is 6.69.